The molecule has 0 saturated carbocycles. The monoisotopic (exact) mass is 378 g/mol. The van der Waals surface area contributed by atoms with E-state index in [2.05, 4.69) is 15.6 Å². The number of alkyl halides is 3. The Morgan fingerprint density at radius 2 is 1.93 bits per heavy atom. The van der Waals surface area contributed by atoms with Gasteiger partial charge in [0.1, 0.15) is 5.82 Å². The first kappa shape index (κ1) is 19.2. The second-order valence-electron chi connectivity index (χ2n) is 6.46. The Hall–Kier alpha value is -2.61. The van der Waals surface area contributed by atoms with Gasteiger partial charge in [-0.2, -0.15) is 13.2 Å². The quantitative estimate of drug-likeness (QED) is 0.852. The van der Waals surface area contributed by atoms with Gasteiger partial charge < -0.3 is 15.5 Å². The van der Waals surface area contributed by atoms with Crippen LogP contribution in [0, 0.1) is 0 Å². The van der Waals surface area contributed by atoms with Crippen molar-refractivity contribution in [3.8, 4) is 0 Å². The molecule has 5 nitrogen and oxygen atoms in total. The Bertz CT molecular complexity index is 802. The fraction of sp³-hybridized carbons (Fsp3) is 0.368. The Morgan fingerprint density at radius 3 is 2.59 bits per heavy atom. The highest BCUT2D eigenvalue weighted by atomic mass is 19.4. The number of nitrogens with one attached hydrogen (secondary N) is 2. The summed E-state index contributed by atoms with van der Waals surface area (Å²) in [4.78, 5) is 18.8. The van der Waals surface area contributed by atoms with Gasteiger partial charge in [-0.15, -0.1) is 0 Å². The van der Waals surface area contributed by atoms with E-state index in [1.807, 2.05) is 7.05 Å². The summed E-state index contributed by atoms with van der Waals surface area (Å²) in [5.41, 5.74) is -0.185. The van der Waals surface area contributed by atoms with E-state index in [0.717, 1.165) is 25.0 Å². The number of likely N-dealkylation sites (tertiary alicyclic amines) is 1. The summed E-state index contributed by atoms with van der Waals surface area (Å²) in [6.45, 7) is 1.25. The Morgan fingerprint density at radius 1 is 1.19 bits per heavy atom. The third-order valence-corrected chi connectivity index (χ3v) is 4.68. The number of anilines is 2. The van der Waals surface area contributed by atoms with E-state index in [1.165, 1.54) is 18.3 Å². The molecule has 3 rings (SSSR count). The summed E-state index contributed by atoms with van der Waals surface area (Å²) in [5, 5.41) is 6.06. The van der Waals surface area contributed by atoms with Crippen LogP contribution >= 0.6 is 0 Å². The summed E-state index contributed by atoms with van der Waals surface area (Å²) in [6, 6.07) is 8.50. The van der Waals surface area contributed by atoms with Gasteiger partial charge in [-0.05, 0) is 50.2 Å². The normalized spacial score (nSPS) is 15.6. The third kappa shape index (κ3) is 4.57. The van der Waals surface area contributed by atoms with Crippen molar-refractivity contribution in [3.05, 3.63) is 53.7 Å². The van der Waals surface area contributed by atoms with E-state index < -0.39 is 11.7 Å². The summed E-state index contributed by atoms with van der Waals surface area (Å²) in [5.74, 6) is 0.0738. The molecule has 8 heteroatoms. The summed E-state index contributed by atoms with van der Waals surface area (Å²) in [6.07, 6.45) is -1.21. The second-order valence-corrected chi connectivity index (χ2v) is 6.46. The van der Waals surface area contributed by atoms with Gasteiger partial charge >= 0.3 is 6.18 Å². The molecule has 1 aromatic heterocycles. The van der Waals surface area contributed by atoms with Crippen LogP contribution in [0.2, 0.25) is 0 Å². The number of pyridine rings is 1. The molecule has 0 aliphatic carbocycles. The number of hydrogen-bond acceptors (Lipinski definition) is 4. The highest BCUT2D eigenvalue weighted by molar-refractivity contribution is 5.99. The van der Waals surface area contributed by atoms with E-state index in [0.29, 0.717) is 24.7 Å². The minimum Gasteiger partial charge on any atom is -0.340 e. The van der Waals surface area contributed by atoms with Crippen LogP contribution in [-0.4, -0.2) is 42.0 Å². The molecule has 2 N–H and O–H groups in total. The molecule has 1 aromatic carbocycles. The van der Waals surface area contributed by atoms with E-state index in [-0.39, 0.29) is 17.4 Å². The SMILES string of the molecule is CNC1CCN(C(=O)c2cccnc2Nc2cccc(C(F)(F)F)c2)CC1. The van der Waals surface area contributed by atoms with Crippen molar-refractivity contribution in [2.45, 2.75) is 25.1 Å². The average Bonchev–Trinajstić information content (AvgIpc) is 2.67. The average molecular weight is 378 g/mol. The Kier molecular flexibility index (Phi) is 5.65. The number of carbonyl (C=O) groups is 1. The fourth-order valence-corrected chi connectivity index (χ4v) is 3.13. The van der Waals surface area contributed by atoms with Gasteiger partial charge in [-0.25, -0.2) is 4.98 Å². The lowest BCUT2D eigenvalue weighted by Gasteiger charge is -2.32. The van der Waals surface area contributed by atoms with Crippen molar-refractivity contribution in [1.82, 2.24) is 15.2 Å². The minimum atomic E-state index is -4.43. The molecule has 1 amide bonds. The van der Waals surface area contributed by atoms with Gasteiger partial charge in [0.25, 0.3) is 5.91 Å². The topological polar surface area (TPSA) is 57.3 Å². The number of nitrogens with zero attached hydrogens (tertiary/aromatic N) is 2. The van der Waals surface area contributed by atoms with Crippen LogP contribution in [0.3, 0.4) is 0 Å². The van der Waals surface area contributed by atoms with E-state index in [9.17, 15) is 18.0 Å². The molecule has 1 aliphatic rings. The lowest BCUT2D eigenvalue weighted by molar-refractivity contribution is -0.137. The van der Waals surface area contributed by atoms with Crippen LogP contribution in [0.1, 0.15) is 28.8 Å². The summed E-state index contributed by atoms with van der Waals surface area (Å²) < 4.78 is 38.7. The molecule has 0 bridgehead atoms. The van der Waals surface area contributed by atoms with Crippen LogP contribution in [0.5, 0.6) is 0 Å². The fourth-order valence-electron chi connectivity index (χ4n) is 3.13. The second kappa shape index (κ2) is 7.96. The third-order valence-electron chi connectivity index (χ3n) is 4.68. The molecule has 1 fully saturated rings. The molecule has 0 spiro atoms. The van der Waals surface area contributed by atoms with Gasteiger partial charge in [-0.1, -0.05) is 6.07 Å². The summed E-state index contributed by atoms with van der Waals surface area (Å²) >= 11 is 0. The van der Waals surface area contributed by atoms with Crippen molar-refractivity contribution in [2.24, 2.45) is 0 Å². The molecular formula is C19H21F3N4O. The van der Waals surface area contributed by atoms with Gasteiger partial charge in [0.2, 0.25) is 0 Å². The number of rotatable bonds is 4. The molecule has 2 heterocycles. The van der Waals surface area contributed by atoms with E-state index >= 15 is 0 Å². The number of carbonyl (C=O) groups excluding carboxylic acids is 1. The zero-order valence-electron chi connectivity index (χ0n) is 14.9. The first-order valence-corrected chi connectivity index (χ1v) is 8.74. The number of halogens is 3. The molecular weight excluding hydrogens is 357 g/mol. The van der Waals surface area contributed by atoms with Gasteiger partial charge in [-0.3, -0.25) is 4.79 Å². The highest BCUT2D eigenvalue weighted by Crippen LogP contribution is 2.31. The maximum absolute atomic E-state index is 12.9. The zero-order chi connectivity index (χ0) is 19.4. The maximum atomic E-state index is 12.9. The molecule has 0 atom stereocenters. The number of hydrogen-bond donors (Lipinski definition) is 2. The predicted octanol–water partition coefficient (Wildman–Crippen LogP) is 3.67. The Balaban J connectivity index is 1.80. The van der Waals surface area contributed by atoms with E-state index in [1.54, 1.807) is 17.0 Å². The van der Waals surface area contributed by atoms with Crippen LogP contribution in [-0.2, 0) is 6.18 Å². The van der Waals surface area contributed by atoms with Gasteiger partial charge in [0.15, 0.2) is 0 Å². The van der Waals surface area contributed by atoms with E-state index in [4.69, 9.17) is 0 Å². The lowest BCUT2D eigenvalue weighted by atomic mass is 10.0. The summed E-state index contributed by atoms with van der Waals surface area (Å²) in [7, 11) is 1.90. The van der Waals surface area contributed by atoms with Gasteiger partial charge in [0, 0.05) is 31.0 Å². The molecule has 144 valence electrons. The number of aromatic nitrogens is 1. The Labute approximate surface area is 155 Å². The van der Waals surface area contributed by atoms with Crippen molar-refractivity contribution in [2.75, 3.05) is 25.5 Å². The predicted molar refractivity (Wildman–Crippen MR) is 96.9 cm³/mol. The van der Waals surface area contributed by atoms with Crippen molar-refractivity contribution >= 4 is 17.4 Å². The zero-order valence-corrected chi connectivity index (χ0v) is 14.9. The van der Waals surface area contributed by atoms with Crippen molar-refractivity contribution < 1.29 is 18.0 Å². The highest BCUT2D eigenvalue weighted by Gasteiger charge is 2.30. The molecule has 27 heavy (non-hydrogen) atoms. The van der Waals surface area contributed by atoms with Crippen LogP contribution in [0.15, 0.2) is 42.6 Å². The van der Waals surface area contributed by atoms with Gasteiger partial charge in [0.05, 0.1) is 11.1 Å². The lowest BCUT2D eigenvalue weighted by Crippen LogP contribution is -2.44. The largest absolute Gasteiger partial charge is 0.416 e. The van der Waals surface area contributed by atoms with Crippen LogP contribution in [0.25, 0.3) is 0 Å². The number of amides is 1. The van der Waals surface area contributed by atoms with Crippen LogP contribution < -0.4 is 10.6 Å². The van der Waals surface area contributed by atoms with Crippen molar-refractivity contribution in [1.29, 1.82) is 0 Å². The molecule has 1 aliphatic heterocycles. The minimum absolute atomic E-state index is 0.174. The smallest absolute Gasteiger partial charge is 0.340 e. The number of benzene rings is 1. The maximum Gasteiger partial charge on any atom is 0.416 e. The molecule has 1 saturated heterocycles. The first-order chi connectivity index (χ1) is 12.9. The first-order valence-electron chi connectivity index (χ1n) is 8.74. The molecule has 2 aromatic rings. The standard InChI is InChI=1S/C19H21F3N4O/c1-23-14-7-10-26(11-8-14)18(27)16-6-3-9-24-17(16)25-15-5-2-4-13(12-15)19(20,21)22/h2-6,9,12,14,23H,7-8,10-11H2,1H3,(H,24,25). The van der Waals surface area contributed by atoms with Crippen LogP contribution in [0.4, 0.5) is 24.7 Å². The number of piperidine rings is 1. The molecule has 0 radical (unpaired) electrons. The molecule has 0 unspecified atom stereocenters. The van der Waals surface area contributed by atoms with Crippen molar-refractivity contribution in [3.63, 3.8) is 0 Å².